The Morgan fingerprint density at radius 3 is 2.50 bits per heavy atom. The van der Waals surface area contributed by atoms with Crippen LogP contribution in [0.3, 0.4) is 0 Å². The molecule has 0 fully saturated rings. The molecule has 0 bridgehead atoms. The summed E-state index contributed by atoms with van der Waals surface area (Å²) in [5.41, 5.74) is 4.52. The molecule has 7 nitrogen and oxygen atoms in total. The Bertz CT molecular complexity index is 469. The summed E-state index contributed by atoms with van der Waals surface area (Å²) >= 11 is 0. The molecule has 16 heavy (non-hydrogen) atoms. The standard InChI is InChI=1S/C9H8N2O5/c10-8(12)4-5-3-6(11(15)16)1-2-7(5)9(13)14/h1-3H,4H2,(H2,10,12)(H,13,14). The highest BCUT2D eigenvalue weighted by Gasteiger charge is 2.16. The van der Waals surface area contributed by atoms with Gasteiger partial charge in [-0.1, -0.05) is 0 Å². The van der Waals surface area contributed by atoms with Crippen molar-refractivity contribution < 1.29 is 19.6 Å². The normalized spacial score (nSPS) is 9.75. The number of carboxylic acids is 1. The number of rotatable bonds is 4. The second kappa shape index (κ2) is 4.39. The van der Waals surface area contributed by atoms with Gasteiger partial charge in [0.1, 0.15) is 0 Å². The number of nitrogens with zero attached hydrogens (tertiary/aromatic N) is 1. The van der Waals surface area contributed by atoms with Crippen molar-refractivity contribution in [2.24, 2.45) is 5.73 Å². The number of primary amides is 1. The van der Waals surface area contributed by atoms with Gasteiger partial charge in [-0.05, 0) is 11.6 Å². The van der Waals surface area contributed by atoms with Crippen LogP contribution in [0.5, 0.6) is 0 Å². The number of hydrogen-bond donors (Lipinski definition) is 2. The van der Waals surface area contributed by atoms with Crippen molar-refractivity contribution in [3.63, 3.8) is 0 Å². The molecule has 0 saturated carbocycles. The Morgan fingerprint density at radius 2 is 2.06 bits per heavy atom. The number of non-ortho nitro benzene ring substituents is 1. The average Bonchev–Trinajstić information content (AvgIpc) is 2.15. The van der Waals surface area contributed by atoms with Crippen molar-refractivity contribution >= 4 is 17.6 Å². The van der Waals surface area contributed by atoms with Crippen LogP contribution in [0.4, 0.5) is 5.69 Å². The van der Waals surface area contributed by atoms with Gasteiger partial charge in [0, 0.05) is 12.1 Å². The lowest BCUT2D eigenvalue weighted by Gasteiger charge is -2.03. The highest BCUT2D eigenvalue weighted by atomic mass is 16.6. The lowest BCUT2D eigenvalue weighted by atomic mass is 10.0. The quantitative estimate of drug-likeness (QED) is 0.563. The predicted octanol–water partition coefficient (Wildman–Crippen LogP) is 0.321. The van der Waals surface area contributed by atoms with E-state index in [9.17, 15) is 19.7 Å². The first-order chi connectivity index (χ1) is 7.41. The fourth-order valence-corrected chi connectivity index (χ4v) is 1.24. The zero-order chi connectivity index (χ0) is 12.3. The Hall–Kier alpha value is -2.44. The molecule has 0 aliphatic rings. The van der Waals surface area contributed by atoms with Gasteiger partial charge in [0.2, 0.25) is 5.91 Å². The van der Waals surface area contributed by atoms with Gasteiger partial charge in [0.25, 0.3) is 5.69 Å². The SMILES string of the molecule is NC(=O)Cc1cc([N+](=O)[O-])ccc1C(=O)O. The van der Waals surface area contributed by atoms with Crippen LogP contribution in [0.25, 0.3) is 0 Å². The number of nitro benzene ring substituents is 1. The molecule has 1 aromatic rings. The van der Waals surface area contributed by atoms with Gasteiger partial charge in [0.15, 0.2) is 0 Å². The second-order valence-electron chi connectivity index (χ2n) is 3.05. The van der Waals surface area contributed by atoms with Gasteiger partial charge in [-0.15, -0.1) is 0 Å². The first kappa shape index (κ1) is 11.6. The van der Waals surface area contributed by atoms with Crippen molar-refractivity contribution in [2.45, 2.75) is 6.42 Å². The molecule has 1 amide bonds. The third-order valence-corrected chi connectivity index (χ3v) is 1.89. The molecule has 0 saturated heterocycles. The van der Waals surface area contributed by atoms with Crippen molar-refractivity contribution in [1.29, 1.82) is 0 Å². The minimum absolute atomic E-state index is 0.0363. The molecule has 0 radical (unpaired) electrons. The summed E-state index contributed by atoms with van der Waals surface area (Å²) < 4.78 is 0. The molecule has 1 aromatic carbocycles. The maximum atomic E-state index is 10.8. The number of hydrogen-bond acceptors (Lipinski definition) is 4. The molecule has 0 unspecified atom stereocenters. The topological polar surface area (TPSA) is 124 Å². The van der Waals surface area contributed by atoms with Crippen LogP contribution in [0.1, 0.15) is 15.9 Å². The van der Waals surface area contributed by atoms with Crippen LogP contribution in [0, 0.1) is 10.1 Å². The average molecular weight is 224 g/mol. The summed E-state index contributed by atoms with van der Waals surface area (Å²) in [4.78, 5) is 31.2. The van der Waals surface area contributed by atoms with Crippen LogP contribution in [-0.4, -0.2) is 21.9 Å². The van der Waals surface area contributed by atoms with Gasteiger partial charge >= 0.3 is 5.97 Å². The van der Waals surface area contributed by atoms with E-state index in [1.807, 2.05) is 0 Å². The molecule has 84 valence electrons. The zero-order valence-electron chi connectivity index (χ0n) is 8.04. The first-order valence-corrected chi connectivity index (χ1v) is 4.20. The fourth-order valence-electron chi connectivity index (χ4n) is 1.24. The van der Waals surface area contributed by atoms with E-state index in [2.05, 4.69) is 0 Å². The summed E-state index contributed by atoms with van der Waals surface area (Å²) in [5, 5.41) is 19.2. The minimum Gasteiger partial charge on any atom is -0.478 e. The number of nitro groups is 1. The minimum atomic E-state index is -1.26. The summed E-state index contributed by atoms with van der Waals surface area (Å²) in [5.74, 6) is -2.01. The Balaban J connectivity index is 3.26. The highest BCUT2D eigenvalue weighted by molar-refractivity contribution is 5.91. The van der Waals surface area contributed by atoms with E-state index in [4.69, 9.17) is 10.8 Å². The molecule has 0 spiro atoms. The van der Waals surface area contributed by atoms with E-state index in [1.165, 1.54) is 0 Å². The molecule has 0 aromatic heterocycles. The maximum absolute atomic E-state index is 10.8. The predicted molar refractivity (Wildman–Crippen MR) is 53.0 cm³/mol. The Morgan fingerprint density at radius 1 is 1.44 bits per heavy atom. The highest BCUT2D eigenvalue weighted by Crippen LogP contribution is 2.18. The molecule has 0 aliphatic heterocycles. The Labute approximate surface area is 89.6 Å². The van der Waals surface area contributed by atoms with Gasteiger partial charge in [0.05, 0.1) is 16.9 Å². The number of carbonyl (C=O) groups excluding carboxylic acids is 1. The summed E-state index contributed by atoms with van der Waals surface area (Å²) in [6, 6.07) is 3.18. The van der Waals surface area contributed by atoms with Crippen LogP contribution < -0.4 is 5.73 Å². The number of aromatic carboxylic acids is 1. The van der Waals surface area contributed by atoms with E-state index in [0.717, 1.165) is 18.2 Å². The number of amides is 1. The molecular formula is C9H8N2O5. The largest absolute Gasteiger partial charge is 0.478 e. The van der Waals surface area contributed by atoms with E-state index in [-0.39, 0.29) is 23.2 Å². The molecular weight excluding hydrogens is 216 g/mol. The molecule has 0 atom stereocenters. The fraction of sp³-hybridized carbons (Fsp3) is 0.111. The number of carboxylic acid groups (broad SMARTS) is 1. The van der Waals surface area contributed by atoms with Crippen LogP contribution in [0.2, 0.25) is 0 Å². The third-order valence-electron chi connectivity index (χ3n) is 1.89. The van der Waals surface area contributed by atoms with Crippen molar-refractivity contribution in [3.05, 3.63) is 39.4 Å². The van der Waals surface area contributed by atoms with Gasteiger partial charge < -0.3 is 10.8 Å². The summed E-state index contributed by atoms with van der Waals surface area (Å²) in [6.45, 7) is 0. The first-order valence-electron chi connectivity index (χ1n) is 4.20. The molecule has 7 heteroatoms. The second-order valence-corrected chi connectivity index (χ2v) is 3.05. The number of carbonyl (C=O) groups is 2. The molecule has 1 rings (SSSR count). The van der Waals surface area contributed by atoms with Crippen molar-refractivity contribution in [2.75, 3.05) is 0 Å². The van der Waals surface area contributed by atoms with Crippen molar-refractivity contribution in [1.82, 2.24) is 0 Å². The van der Waals surface area contributed by atoms with Crippen LogP contribution in [0.15, 0.2) is 18.2 Å². The van der Waals surface area contributed by atoms with Crippen LogP contribution >= 0.6 is 0 Å². The van der Waals surface area contributed by atoms with Crippen molar-refractivity contribution in [3.8, 4) is 0 Å². The lowest BCUT2D eigenvalue weighted by molar-refractivity contribution is -0.384. The van der Waals surface area contributed by atoms with Gasteiger partial charge in [-0.25, -0.2) is 4.79 Å². The van der Waals surface area contributed by atoms with E-state index in [1.54, 1.807) is 0 Å². The molecule has 0 aliphatic carbocycles. The Kier molecular flexibility index (Phi) is 3.19. The van der Waals surface area contributed by atoms with Gasteiger partial charge in [-0.3, -0.25) is 14.9 Å². The maximum Gasteiger partial charge on any atom is 0.335 e. The van der Waals surface area contributed by atoms with Gasteiger partial charge in [-0.2, -0.15) is 0 Å². The molecule has 3 N–H and O–H groups in total. The van der Waals surface area contributed by atoms with E-state index < -0.39 is 16.8 Å². The third kappa shape index (κ3) is 2.53. The zero-order valence-corrected chi connectivity index (χ0v) is 8.04. The van der Waals surface area contributed by atoms with Crippen LogP contribution in [-0.2, 0) is 11.2 Å². The number of nitrogens with two attached hydrogens (primary N) is 1. The smallest absolute Gasteiger partial charge is 0.335 e. The number of benzene rings is 1. The molecule has 0 heterocycles. The monoisotopic (exact) mass is 224 g/mol. The lowest BCUT2D eigenvalue weighted by Crippen LogP contribution is -2.16. The summed E-state index contributed by atoms with van der Waals surface area (Å²) in [6.07, 6.45) is -0.344. The van der Waals surface area contributed by atoms with E-state index in [0.29, 0.717) is 0 Å². The van der Waals surface area contributed by atoms with E-state index >= 15 is 0 Å². The summed E-state index contributed by atoms with van der Waals surface area (Å²) in [7, 11) is 0.